The maximum Gasteiger partial charge on any atom is 0.343 e. The SMILES string of the molecule is COCCCn1c(S[C@H](C)C(=O)Nc2cccc3ncccc23)n[nH]c1=O. The first-order valence-corrected chi connectivity index (χ1v) is 9.43. The molecular formula is C18H21N5O3S. The summed E-state index contributed by atoms with van der Waals surface area (Å²) in [5.74, 6) is -0.171. The summed E-state index contributed by atoms with van der Waals surface area (Å²) in [5.41, 5.74) is 1.23. The van der Waals surface area contributed by atoms with E-state index in [1.54, 1.807) is 20.2 Å². The number of amides is 1. The second-order valence-electron chi connectivity index (χ2n) is 5.93. The van der Waals surface area contributed by atoms with Crippen LogP contribution in [0.4, 0.5) is 5.69 Å². The normalized spacial score (nSPS) is 12.2. The Balaban J connectivity index is 1.70. The number of hydrogen-bond acceptors (Lipinski definition) is 6. The topological polar surface area (TPSA) is 102 Å². The van der Waals surface area contributed by atoms with Gasteiger partial charge in [-0.2, -0.15) is 0 Å². The lowest BCUT2D eigenvalue weighted by atomic mass is 10.2. The molecule has 2 N–H and O–H groups in total. The van der Waals surface area contributed by atoms with Crippen LogP contribution in [0.3, 0.4) is 0 Å². The quantitative estimate of drug-likeness (QED) is 0.454. The Kier molecular flexibility index (Phi) is 6.25. The standard InChI is InChI=1S/C18H21N5O3S/c1-12(27-18-22-21-17(25)23(18)10-5-11-26-2)16(24)20-15-8-3-7-14-13(15)6-4-9-19-14/h3-4,6-9,12H,5,10-11H2,1-2H3,(H,20,24)(H,21,25)/t12-/m1/s1. The zero-order valence-corrected chi connectivity index (χ0v) is 16.0. The Bertz CT molecular complexity index is 979. The first-order chi connectivity index (χ1) is 13.1. The monoisotopic (exact) mass is 387 g/mol. The Morgan fingerprint density at radius 3 is 3.04 bits per heavy atom. The lowest BCUT2D eigenvalue weighted by Crippen LogP contribution is -2.24. The summed E-state index contributed by atoms with van der Waals surface area (Å²) in [7, 11) is 1.61. The van der Waals surface area contributed by atoms with E-state index in [-0.39, 0.29) is 11.6 Å². The number of ether oxygens (including phenoxy) is 1. The molecule has 8 nitrogen and oxygen atoms in total. The maximum atomic E-state index is 12.6. The number of benzene rings is 1. The van der Waals surface area contributed by atoms with Crippen molar-refractivity contribution < 1.29 is 9.53 Å². The second-order valence-corrected chi connectivity index (χ2v) is 7.24. The number of hydrogen-bond donors (Lipinski definition) is 2. The Labute approximate surface area is 160 Å². The van der Waals surface area contributed by atoms with Gasteiger partial charge in [0.05, 0.1) is 16.5 Å². The summed E-state index contributed by atoms with van der Waals surface area (Å²) < 4.78 is 6.54. The fourth-order valence-corrected chi connectivity index (χ4v) is 3.50. The number of pyridine rings is 1. The Morgan fingerprint density at radius 1 is 1.37 bits per heavy atom. The number of aromatic nitrogens is 4. The smallest absolute Gasteiger partial charge is 0.343 e. The number of H-pyrrole nitrogens is 1. The van der Waals surface area contributed by atoms with E-state index in [4.69, 9.17) is 4.74 Å². The largest absolute Gasteiger partial charge is 0.385 e. The van der Waals surface area contributed by atoms with E-state index < -0.39 is 5.25 Å². The molecule has 1 amide bonds. The molecule has 9 heteroatoms. The number of aromatic amines is 1. The number of anilines is 1. The predicted octanol–water partition coefficient (Wildman–Crippen LogP) is 2.28. The van der Waals surface area contributed by atoms with Crippen molar-refractivity contribution in [3.8, 4) is 0 Å². The van der Waals surface area contributed by atoms with Crippen molar-refractivity contribution in [2.24, 2.45) is 0 Å². The third-order valence-electron chi connectivity index (χ3n) is 4.01. The van der Waals surface area contributed by atoms with Crippen LogP contribution in [0.1, 0.15) is 13.3 Å². The predicted molar refractivity (Wildman–Crippen MR) is 105 cm³/mol. The van der Waals surface area contributed by atoms with Crippen molar-refractivity contribution in [2.45, 2.75) is 30.3 Å². The van der Waals surface area contributed by atoms with Crippen LogP contribution in [0.2, 0.25) is 0 Å². The highest BCUT2D eigenvalue weighted by Gasteiger charge is 2.19. The molecule has 3 rings (SSSR count). The molecule has 0 radical (unpaired) electrons. The molecule has 142 valence electrons. The van der Waals surface area contributed by atoms with Crippen molar-refractivity contribution in [2.75, 3.05) is 19.0 Å². The van der Waals surface area contributed by atoms with Gasteiger partial charge in [0.1, 0.15) is 0 Å². The van der Waals surface area contributed by atoms with Gasteiger partial charge in [0, 0.05) is 31.8 Å². The van der Waals surface area contributed by atoms with Crippen molar-refractivity contribution in [1.29, 1.82) is 0 Å². The number of carbonyl (C=O) groups excluding carboxylic acids is 1. The summed E-state index contributed by atoms with van der Waals surface area (Å²) in [5, 5.41) is 10.3. The van der Waals surface area contributed by atoms with Crippen LogP contribution in [0.15, 0.2) is 46.5 Å². The van der Waals surface area contributed by atoms with Crippen LogP contribution >= 0.6 is 11.8 Å². The minimum atomic E-state index is -0.437. The lowest BCUT2D eigenvalue weighted by Gasteiger charge is -2.13. The molecule has 0 unspecified atom stereocenters. The molecule has 0 aliphatic rings. The molecule has 0 aliphatic heterocycles. The fourth-order valence-electron chi connectivity index (χ4n) is 2.62. The average Bonchev–Trinajstić information content (AvgIpc) is 3.02. The molecule has 2 aromatic heterocycles. The number of rotatable bonds is 8. The highest BCUT2D eigenvalue weighted by molar-refractivity contribution is 8.00. The van der Waals surface area contributed by atoms with E-state index in [9.17, 15) is 9.59 Å². The van der Waals surface area contributed by atoms with Gasteiger partial charge in [0.2, 0.25) is 5.91 Å². The molecule has 1 aromatic carbocycles. The first kappa shape index (κ1) is 19.1. The third kappa shape index (κ3) is 4.55. The van der Waals surface area contributed by atoms with E-state index in [0.29, 0.717) is 30.4 Å². The van der Waals surface area contributed by atoms with E-state index in [1.165, 1.54) is 16.3 Å². The Morgan fingerprint density at radius 2 is 2.22 bits per heavy atom. The van der Waals surface area contributed by atoms with Crippen molar-refractivity contribution >= 4 is 34.3 Å². The number of thioether (sulfide) groups is 1. The van der Waals surface area contributed by atoms with Crippen LogP contribution < -0.4 is 11.0 Å². The summed E-state index contributed by atoms with van der Waals surface area (Å²) in [6.07, 6.45) is 2.40. The molecule has 3 aromatic rings. The number of nitrogens with zero attached hydrogens (tertiary/aromatic N) is 3. The lowest BCUT2D eigenvalue weighted by molar-refractivity contribution is -0.115. The molecule has 2 heterocycles. The van der Waals surface area contributed by atoms with Gasteiger partial charge in [-0.15, -0.1) is 5.10 Å². The number of fused-ring (bicyclic) bond motifs is 1. The maximum absolute atomic E-state index is 12.6. The third-order valence-corrected chi connectivity index (χ3v) is 5.10. The van der Waals surface area contributed by atoms with Gasteiger partial charge >= 0.3 is 5.69 Å². The molecule has 1 atom stereocenters. The van der Waals surface area contributed by atoms with Gasteiger partial charge in [-0.25, -0.2) is 9.89 Å². The van der Waals surface area contributed by atoms with E-state index in [1.807, 2.05) is 30.3 Å². The van der Waals surface area contributed by atoms with Gasteiger partial charge in [0.15, 0.2) is 5.16 Å². The first-order valence-electron chi connectivity index (χ1n) is 8.55. The van der Waals surface area contributed by atoms with Crippen LogP contribution in [0, 0.1) is 0 Å². The second kappa shape index (κ2) is 8.83. The van der Waals surface area contributed by atoms with Crippen LogP contribution in [-0.2, 0) is 16.1 Å². The van der Waals surface area contributed by atoms with Gasteiger partial charge in [-0.3, -0.25) is 14.3 Å². The highest BCUT2D eigenvalue weighted by Crippen LogP contribution is 2.25. The summed E-state index contributed by atoms with van der Waals surface area (Å²) in [6, 6.07) is 9.33. The van der Waals surface area contributed by atoms with E-state index in [0.717, 1.165) is 10.9 Å². The molecule has 0 saturated carbocycles. The Hall–Kier alpha value is -2.65. The molecule has 27 heavy (non-hydrogen) atoms. The zero-order valence-electron chi connectivity index (χ0n) is 15.1. The van der Waals surface area contributed by atoms with Crippen LogP contribution in [0.5, 0.6) is 0 Å². The summed E-state index contributed by atoms with van der Waals surface area (Å²) >= 11 is 1.23. The van der Waals surface area contributed by atoms with Gasteiger partial charge in [0.25, 0.3) is 0 Å². The van der Waals surface area contributed by atoms with Crippen LogP contribution in [-0.4, -0.2) is 44.6 Å². The summed E-state index contributed by atoms with van der Waals surface area (Å²) in [4.78, 5) is 28.8. The van der Waals surface area contributed by atoms with Gasteiger partial charge in [-0.05, 0) is 37.6 Å². The van der Waals surface area contributed by atoms with Crippen molar-refractivity contribution in [3.05, 3.63) is 47.0 Å². The molecule has 0 aliphatic carbocycles. The molecule has 0 spiro atoms. The zero-order chi connectivity index (χ0) is 19.2. The minimum absolute atomic E-state index is 0.171. The average molecular weight is 387 g/mol. The number of nitrogens with one attached hydrogen (secondary N) is 2. The molecular weight excluding hydrogens is 366 g/mol. The van der Waals surface area contributed by atoms with Gasteiger partial charge < -0.3 is 10.1 Å². The highest BCUT2D eigenvalue weighted by atomic mass is 32.2. The molecule has 0 fully saturated rings. The fraction of sp³-hybridized carbons (Fsp3) is 0.333. The van der Waals surface area contributed by atoms with Gasteiger partial charge in [-0.1, -0.05) is 17.8 Å². The number of methoxy groups -OCH3 is 1. The van der Waals surface area contributed by atoms with E-state index >= 15 is 0 Å². The van der Waals surface area contributed by atoms with Crippen molar-refractivity contribution in [1.82, 2.24) is 19.7 Å². The van der Waals surface area contributed by atoms with Crippen molar-refractivity contribution in [3.63, 3.8) is 0 Å². The van der Waals surface area contributed by atoms with E-state index in [2.05, 4.69) is 20.5 Å². The molecule has 0 saturated heterocycles. The minimum Gasteiger partial charge on any atom is -0.385 e. The van der Waals surface area contributed by atoms with Crippen LogP contribution in [0.25, 0.3) is 10.9 Å². The summed E-state index contributed by atoms with van der Waals surface area (Å²) in [6.45, 7) is 2.81. The molecule has 0 bridgehead atoms. The number of carbonyl (C=O) groups is 1.